The molecule has 0 saturated carbocycles. The molecule has 1 aliphatic rings. The molecule has 1 heterocycles. The molecule has 0 radical (unpaired) electrons. The van der Waals surface area contributed by atoms with Gasteiger partial charge in [0, 0.05) is 37.2 Å². The van der Waals surface area contributed by atoms with Crippen LogP contribution in [0.15, 0.2) is 24.3 Å². The van der Waals surface area contributed by atoms with Crippen LogP contribution in [0.4, 0.5) is 4.39 Å². The van der Waals surface area contributed by atoms with Crippen molar-refractivity contribution in [2.45, 2.75) is 6.04 Å². The summed E-state index contributed by atoms with van der Waals surface area (Å²) < 4.78 is 12.9. The fourth-order valence-corrected chi connectivity index (χ4v) is 3.16. The summed E-state index contributed by atoms with van der Waals surface area (Å²) in [5.74, 6) is 2.23. The lowest BCUT2D eigenvalue weighted by atomic mass is 10.0. The Morgan fingerprint density at radius 3 is 2.53 bits per heavy atom. The molecule has 1 saturated heterocycles. The topological polar surface area (TPSA) is 15.3 Å². The zero-order valence-corrected chi connectivity index (χ0v) is 11.0. The van der Waals surface area contributed by atoms with Gasteiger partial charge in [0.25, 0.3) is 0 Å². The maximum Gasteiger partial charge on any atom is 0.123 e. The van der Waals surface area contributed by atoms with Crippen LogP contribution in [0.25, 0.3) is 0 Å². The van der Waals surface area contributed by atoms with E-state index in [-0.39, 0.29) is 5.82 Å². The lowest BCUT2D eigenvalue weighted by molar-refractivity contribution is 0.215. The van der Waals surface area contributed by atoms with Crippen molar-refractivity contribution in [3.05, 3.63) is 35.6 Å². The van der Waals surface area contributed by atoms with Gasteiger partial charge in [-0.3, -0.25) is 4.90 Å². The van der Waals surface area contributed by atoms with Gasteiger partial charge < -0.3 is 5.32 Å². The quantitative estimate of drug-likeness (QED) is 0.886. The molecule has 17 heavy (non-hydrogen) atoms. The molecule has 0 bridgehead atoms. The van der Waals surface area contributed by atoms with Crippen molar-refractivity contribution in [3.63, 3.8) is 0 Å². The Bertz CT molecular complexity index is 336. The maximum atomic E-state index is 12.9. The largest absolute Gasteiger partial charge is 0.318 e. The number of nitrogens with zero attached hydrogens (tertiary/aromatic N) is 1. The molecular formula is C13H19FN2S. The molecule has 2 rings (SSSR count). The third-order valence-electron chi connectivity index (χ3n) is 3.14. The number of hydrogen-bond acceptors (Lipinski definition) is 3. The highest BCUT2D eigenvalue weighted by Crippen LogP contribution is 2.23. The van der Waals surface area contributed by atoms with Crippen LogP contribution in [0.2, 0.25) is 0 Å². The van der Waals surface area contributed by atoms with Crippen molar-refractivity contribution < 1.29 is 4.39 Å². The molecule has 1 aromatic carbocycles. The van der Waals surface area contributed by atoms with Gasteiger partial charge in [0.2, 0.25) is 0 Å². The fraction of sp³-hybridized carbons (Fsp3) is 0.538. The van der Waals surface area contributed by atoms with Crippen LogP contribution < -0.4 is 5.32 Å². The number of halogens is 1. The highest BCUT2D eigenvalue weighted by atomic mass is 32.2. The Hall–Kier alpha value is -0.580. The Balaban J connectivity index is 2.12. The molecule has 0 amide bonds. The number of likely N-dealkylation sites (N-methyl/N-ethyl adjacent to an activating group) is 1. The zero-order chi connectivity index (χ0) is 12.1. The van der Waals surface area contributed by atoms with Crippen LogP contribution in [-0.4, -0.2) is 43.1 Å². The summed E-state index contributed by atoms with van der Waals surface area (Å²) in [7, 11) is 1.97. The Labute approximate surface area is 107 Å². The van der Waals surface area contributed by atoms with Crippen molar-refractivity contribution in [3.8, 4) is 0 Å². The van der Waals surface area contributed by atoms with E-state index in [1.165, 1.54) is 17.1 Å². The Morgan fingerprint density at radius 1 is 1.29 bits per heavy atom. The van der Waals surface area contributed by atoms with Crippen LogP contribution in [0, 0.1) is 5.82 Å². The second kappa shape index (κ2) is 6.38. The van der Waals surface area contributed by atoms with Crippen LogP contribution in [0.1, 0.15) is 11.6 Å². The Morgan fingerprint density at radius 2 is 1.94 bits per heavy atom. The summed E-state index contributed by atoms with van der Waals surface area (Å²) in [6.45, 7) is 3.15. The van der Waals surface area contributed by atoms with Crippen molar-refractivity contribution in [2.75, 3.05) is 38.2 Å². The average Bonchev–Trinajstić information content (AvgIpc) is 2.38. The lowest BCUT2D eigenvalue weighted by Crippen LogP contribution is -2.40. The van der Waals surface area contributed by atoms with Gasteiger partial charge >= 0.3 is 0 Å². The van der Waals surface area contributed by atoms with Gasteiger partial charge in [0.15, 0.2) is 0 Å². The number of nitrogens with one attached hydrogen (secondary N) is 1. The first-order valence-corrected chi connectivity index (χ1v) is 7.18. The van der Waals surface area contributed by atoms with Crippen molar-refractivity contribution >= 4 is 11.8 Å². The molecule has 1 unspecified atom stereocenters. The summed E-state index contributed by atoms with van der Waals surface area (Å²) in [6, 6.07) is 7.27. The van der Waals surface area contributed by atoms with Gasteiger partial charge in [-0.15, -0.1) is 0 Å². The van der Waals surface area contributed by atoms with Crippen LogP contribution >= 0.6 is 11.8 Å². The second-order valence-corrected chi connectivity index (χ2v) is 5.50. The lowest BCUT2D eigenvalue weighted by Gasteiger charge is -2.34. The molecular weight excluding hydrogens is 235 g/mol. The molecule has 0 aliphatic carbocycles. The van der Waals surface area contributed by atoms with Crippen molar-refractivity contribution in [1.82, 2.24) is 10.2 Å². The van der Waals surface area contributed by atoms with E-state index in [1.807, 2.05) is 30.9 Å². The monoisotopic (exact) mass is 254 g/mol. The minimum absolute atomic E-state index is 0.161. The first kappa shape index (κ1) is 12.9. The molecule has 1 fully saturated rings. The molecule has 1 N–H and O–H groups in total. The van der Waals surface area contributed by atoms with E-state index in [0.717, 1.165) is 19.6 Å². The fourth-order valence-electron chi connectivity index (χ4n) is 2.23. The third-order valence-corrected chi connectivity index (χ3v) is 4.08. The molecule has 2 nitrogen and oxygen atoms in total. The summed E-state index contributed by atoms with van der Waals surface area (Å²) in [5.41, 5.74) is 1.20. The smallest absolute Gasteiger partial charge is 0.123 e. The van der Waals surface area contributed by atoms with E-state index >= 15 is 0 Å². The van der Waals surface area contributed by atoms with Crippen molar-refractivity contribution in [2.24, 2.45) is 0 Å². The second-order valence-electron chi connectivity index (χ2n) is 4.27. The molecule has 94 valence electrons. The summed E-state index contributed by atoms with van der Waals surface area (Å²) in [4.78, 5) is 2.49. The average molecular weight is 254 g/mol. The zero-order valence-electron chi connectivity index (χ0n) is 10.2. The van der Waals surface area contributed by atoms with E-state index < -0.39 is 0 Å². The van der Waals surface area contributed by atoms with Gasteiger partial charge in [0.1, 0.15) is 5.82 Å². The van der Waals surface area contributed by atoms with Crippen molar-refractivity contribution in [1.29, 1.82) is 0 Å². The Kier molecular flexibility index (Phi) is 4.83. The third kappa shape index (κ3) is 3.44. The summed E-state index contributed by atoms with van der Waals surface area (Å²) >= 11 is 2.01. The highest BCUT2D eigenvalue weighted by molar-refractivity contribution is 7.99. The van der Waals surface area contributed by atoms with Crippen LogP contribution in [0.3, 0.4) is 0 Å². The normalized spacial score (nSPS) is 19.2. The van der Waals surface area contributed by atoms with E-state index in [4.69, 9.17) is 0 Å². The minimum Gasteiger partial charge on any atom is -0.318 e. The van der Waals surface area contributed by atoms with Crippen LogP contribution in [-0.2, 0) is 0 Å². The maximum absolute atomic E-state index is 12.9. The molecule has 0 aromatic heterocycles. The van der Waals surface area contributed by atoms with Gasteiger partial charge in [-0.05, 0) is 24.7 Å². The summed E-state index contributed by atoms with van der Waals surface area (Å²) in [6.07, 6.45) is 0. The minimum atomic E-state index is -0.161. The van der Waals surface area contributed by atoms with Gasteiger partial charge in [-0.1, -0.05) is 12.1 Å². The predicted octanol–water partition coefficient (Wildman–Crippen LogP) is 2.13. The first-order chi connectivity index (χ1) is 8.31. The van der Waals surface area contributed by atoms with Gasteiger partial charge in [0.05, 0.1) is 0 Å². The number of thioether (sulfide) groups is 1. The van der Waals surface area contributed by atoms with Crippen LogP contribution in [0.5, 0.6) is 0 Å². The molecule has 1 atom stereocenters. The van der Waals surface area contributed by atoms with E-state index in [1.54, 1.807) is 12.1 Å². The molecule has 1 aromatic rings. The number of rotatable bonds is 4. The van der Waals surface area contributed by atoms with E-state index in [2.05, 4.69) is 10.2 Å². The predicted molar refractivity (Wildman–Crippen MR) is 72.0 cm³/mol. The van der Waals surface area contributed by atoms with E-state index in [0.29, 0.717) is 6.04 Å². The van der Waals surface area contributed by atoms with Gasteiger partial charge in [-0.2, -0.15) is 11.8 Å². The summed E-state index contributed by atoms with van der Waals surface area (Å²) in [5, 5.41) is 3.24. The highest BCUT2D eigenvalue weighted by Gasteiger charge is 2.21. The molecule has 0 spiro atoms. The SMILES string of the molecule is CNCC(c1ccc(F)cc1)N1CCSCC1. The first-order valence-electron chi connectivity index (χ1n) is 6.03. The van der Waals surface area contributed by atoms with Gasteiger partial charge in [-0.25, -0.2) is 4.39 Å². The standard InChI is InChI=1S/C13H19FN2S/c1-15-10-13(16-6-8-17-9-7-16)11-2-4-12(14)5-3-11/h2-5,13,15H,6-10H2,1H3. The number of benzene rings is 1. The molecule has 1 aliphatic heterocycles. The number of hydrogen-bond donors (Lipinski definition) is 1. The van der Waals surface area contributed by atoms with E-state index in [9.17, 15) is 4.39 Å². The molecule has 4 heteroatoms.